The molecule has 3 aromatic rings. The minimum Gasteiger partial charge on any atom is -0.489 e. The zero-order chi connectivity index (χ0) is 21.0. The Hall–Kier alpha value is -2.79. The summed E-state index contributed by atoms with van der Waals surface area (Å²) in [4.78, 5) is 9.52. The Balaban J connectivity index is 1.50. The number of benzene rings is 3. The minimum absolute atomic E-state index is 0.253. The molecular weight excluding hydrogens is 401 g/mol. The fraction of sp³-hybridized carbons (Fsp3) is 0.217. The Morgan fingerprint density at radius 3 is 2.53 bits per heavy atom. The van der Waals surface area contributed by atoms with E-state index < -0.39 is 7.82 Å². The third-order valence-electron chi connectivity index (χ3n) is 4.85. The Morgan fingerprint density at radius 1 is 1.00 bits per heavy atom. The molecule has 1 saturated carbocycles. The smallest absolute Gasteiger partial charge is 0.489 e. The van der Waals surface area contributed by atoms with Gasteiger partial charge in [-0.1, -0.05) is 36.4 Å². The lowest BCUT2D eigenvalue weighted by molar-refractivity contribution is 0.243. The Bertz CT molecular complexity index is 1050. The Labute approximate surface area is 176 Å². The summed E-state index contributed by atoms with van der Waals surface area (Å²) in [5.74, 6) is 1.60. The molecule has 1 unspecified atom stereocenters. The topological polar surface area (TPSA) is 77.0 Å². The molecule has 3 aromatic carbocycles. The summed E-state index contributed by atoms with van der Waals surface area (Å²) in [5, 5.41) is 3.39. The number of hydrogen-bond acceptors (Lipinski definition) is 5. The molecule has 1 atom stereocenters. The van der Waals surface area contributed by atoms with Crippen molar-refractivity contribution in [3.05, 3.63) is 83.9 Å². The van der Waals surface area contributed by atoms with Gasteiger partial charge in [-0.3, -0.25) is 9.42 Å². The van der Waals surface area contributed by atoms with Crippen molar-refractivity contribution < 1.29 is 23.2 Å². The molecular formula is C23H24NO5P. The van der Waals surface area contributed by atoms with Gasteiger partial charge in [0, 0.05) is 24.6 Å². The maximum atomic E-state index is 11.7. The van der Waals surface area contributed by atoms with Crippen molar-refractivity contribution in [3.8, 4) is 11.5 Å². The van der Waals surface area contributed by atoms with Gasteiger partial charge in [0.15, 0.2) is 0 Å². The van der Waals surface area contributed by atoms with Crippen LogP contribution in [-0.4, -0.2) is 12.0 Å². The van der Waals surface area contributed by atoms with E-state index >= 15 is 0 Å². The van der Waals surface area contributed by atoms with Crippen LogP contribution in [0.4, 0.5) is 11.4 Å². The standard InChI is InChI=1S/C23H24NO5P/c1-27-30(25,26)29-21-9-5-8-19(14-21)24-23-13-12-20(15-22(23)18-10-11-18)28-16-17-6-3-2-4-7-17/h2-9,12-15,18,24H,10-11,16H2,1H3,(H,25,26). The van der Waals surface area contributed by atoms with Gasteiger partial charge in [0.05, 0.1) is 0 Å². The van der Waals surface area contributed by atoms with Crippen molar-refractivity contribution in [1.29, 1.82) is 0 Å². The summed E-state index contributed by atoms with van der Waals surface area (Å²) in [6, 6.07) is 23.0. The highest BCUT2D eigenvalue weighted by Crippen LogP contribution is 2.46. The number of phosphoric ester groups is 1. The van der Waals surface area contributed by atoms with E-state index in [0.29, 0.717) is 12.5 Å². The zero-order valence-electron chi connectivity index (χ0n) is 16.7. The van der Waals surface area contributed by atoms with Gasteiger partial charge in [0.1, 0.15) is 18.1 Å². The van der Waals surface area contributed by atoms with Crippen molar-refractivity contribution in [3.63, 3.8) is 0 Å². The van der Waals surface area contributed by atoms with Crippen molar-refractivity contribution in [1.82, 2.24) is 0 Å². The third-order valence-corrected chi connectivity index (χ3v) is 5.76. The van der Waals surface area contributed by atoms with E-state index in [2.05, 4.69) is 15.9 Å². The molecule has 156 valence electrons. The van der Waals surface area contributed by atoms with Gasteiger partial charge in [-0.15, -0.1) is 0 Å². The molecule has 0 radical (unpaired) electrons. The second kappa shape index (κ2) is 8.92. The molecule has 30 heavy (non-hydrogen) atoms. The summed E-state index contributed by atoms with van der Waals surface area (Å²) in [6.07, 6.45) is 2.31. The lowest BCUT2D eigenvalue weighted by atomic mass is 10.1. The molecule has 4 rings (SSSR count). The van der Waals surface area contributed by atoms with Crippen LogP contribution in [0.2, 0.25) is 0 Å². The van der Waals surface area contributed by atoms with Gasteiger partial charge < -0.3 is 14.6 Å². The van der Waals surface area contributed by atoms with Gasteiger partial charge in [-0.2, -0.15) is 0 Å². The van der Waals surface area contributed by atoms with Gasteiger partial charge >= 0.3 is 7.82 Å². The number of anilines is 2. The first kappa shape index (κ1) is 20.5. The molecule has 6 nitrogen and oxygen atoms in total. The summed E-state index contributed by atoms with van der Waals surface area (Å²) >= 11 is 0. The molecule has 0 bridgehead atoms. The monoisotopic (exact) mass is 425 g/mol. The lowest BCUT2D eigenvalue weighted by Gasteiger charge is -2.16. The first-order chi connectivity index (χ1) is 14.5. The average Bonchev–Trinajstić information content (AvgIpc) is 3.59. The molecule has 0 aliphatic heterocycles. The number of ether oxygens (including phenoxy) is 1. The molecule has 0 amide bonds. The van der Waals surface area contributed by atoms with Gasteiger partial charge in [-0.25, -0.2) is 4.57 Å². The van der Waals surface area contributed by atoms with E-state index in [9.17, 15) is 9.46 Å². The summed E-state index contributed by atoms with van der Waals surface area (Å²) < 4.78 is 27.2. The van der Waals surface area contributed by atoms with E-state index in [1.165, 1.54) is 5.56 Å². The second-order valence-corrected chi connectivity index (χ2v) is 8.68. The molecule has 0 heterocycles. The van der Waals surface area contributed by atoms with Crippen LogP contribution in [0, 0.1) is 0 Å². The van der Waals surface area contributed by atoms with E-state index in [1.54, 1.807) is 18.2 Å². The summed E-state index contributed by atoms with van der Waals surface area (Å²) in [5.41, 5.74) is 4.07. The SMILES string of the molecule is COP(=O)(O)Oc1cccc(Nc2ccc(OCc3ccccc3)cc2C2CC2)c1. The van der Waals surface area contributed by atoms with Crippen LogP contribution in [0.5, 0.6) is 11.5 Å². The predicted octanol–water partition coefficient (Wildman–Crippen LogP) is 6.01. The second-order valence-electron chi connectivity index (χ2n) is 7.19. The third kappa shape index (κ3) is 5.42. The Morgan fingerprint density at radius 2 is 1.80 bits per heavy atom. The van der Waals surface area contributed by atoms with Crippen LogP contribution in [0.25, 0.3) is 0 Å². The largest absolute Gasteiger partial charge is 0.527 e. The fourth-order valence-corrected chi connectivity index (χ4v) is 3.63. The van der Waals surface area contributed by atoms with Gasteiger partial charge in [-0.05, 0) is 60.2 Å². The highest BCUT2D eigenvalue weighted by molar-refractivity contribution is 7.47. The number of hydrogen-bond donors (Lipinski definition) is 2. The van der Waals surface area contributed by atoms with E-state index in [1.807, 2.05) is 48.5 Å². The molecule has 7 heteroatoms. The first-order valence-corrected chi connectivity index (χ1v) is 11.3. The Kier molecular flexibility index (Phi) is 6.09. The highest BCUT2D eigenvalue weighted by atomic mass is 31.2. The maximum Gasteiger partial charge on any atom is 0.527 e. The van der Waals surface area contributed by atoms with Gasteiger partial charge in [0.2, 0.25) is 0 Å². The van der Waals surface area contributed by atoms with Crippen LogP contribution in [-0.2, 0) is 15.7 Å². The number of rotatable bonds is 9. The normalized spacial score (nSPS) is 15.3. The van der Waals surface area contributed by atoms with Crippen molar-refractivity contribution >= 4 is 19.2 Å². The quantitative estimate of drug-likeness (QED) is 0.409. The minimum atomic E-state index is -4.10. The van der Waals surface area contributed by atoms with Crippen molar-refractivity contribution in [2.24, 2.45) is 0 Å². The van der Waals surface area contributed by atoms with Crippen LogP contribution in [0.3, 0.4) is 0 Å². The summed E-state index contributed by atoms with van der Waals surface area (Å²) in [7, 11) is -2.97. The zero-order valence-corrected chi connectivity index (χ0v) is 17.5. The number of nitrogens with one attached hydrogen (secondary N) is 1. The molecule has 1 fully saturated rings. The highest BCUT2D eigenvalue weighted by Gasteiger charge is 2.27. The van der Waals surface area contributed by atoms with Crippen LogP contribution >= 0.6 is 7.82 Å². The number of phosphoric acid groups is 1. The molecule has 0 saturated heterocycles. The van der Waals surface area contributed by atoms with Crippen molar-refractivity contribution in [2.45, 2.75) is 25.4 Å². The summed E-state index contributed by atoms with van der Waals surface area (Å²) in [6.45, 7) is 0.526. The predicted molar refractivity (Wildman–Crippen MR) is 116 cm³/mol. The van der Waals surface area contributed by atoms with E-state index in [4.69, 9.17) is 9.26 Å². The molecule has 0 aromatic heterocycles. The van der Waals surface area contributed by atoms with Crippen molar-refractivity contribution in [2.75, 3.05) is 12.4 Å². The lowest BCUT2D eigenvalue weighted by Crippen LogP contribution is -1.99. The molecule has 1 aliphatic carbocycles. The van der Waals surface area contributed by atoms with Gasteiger partial charge in [0.25, 0.3) is 0 Å². The van der Waals surface area contributed by atoms with Crippen LogP contribution in [0.15, 0.2) is 72.8 Å². The fourth-order valence-electron chi connectivity index (χ4n) is 3.17. The molecule has 1 aliphatic rings. The van der Waals surface area contributed by atoms with Crippen LogP contribution in [0.1, 0.15) is 29.9 Å². The van der Waals surface area contributed by atoms with E-state index in [0.717, 1.165) is 42.6 Å². The maximum absolute atomic E-state index is 11.7. The van der Waals surface area contributed by atoms with E-state index in [-0.39, 0.29) is 5.75 Å². The molecule has 0 spiro atoms. The molecule has 2 N–H and O–H groups in total. The first-order valence-electron chi connectivity index (χ1n) is 9.78. The van der Waals surface area contributed by atoms with Crippen LogP contribution < -0.4 is 14.6 Å². The average molecular weight is 425 g/mol.